The number of hydrogen-bond acceptors (Lipinski definition) is 8. The second-order valence-corrected chi connectivity index (χ2v) is 12.4. The Labute approximate surface area is 276 Å². The van der Waals surface area contributed by atoms with E-state index in [-0.39, 0.29) is 0 Å². The van der Waals surface area contributed by atoms with Crippen LogP contribution in [0.1, 0.15) is 46.3 Å². The van der Waals surface area contributed by atoms with Gasteiger partial charge in [0, 0.05) is 41.1 Å². The summed E-state index contributed by atoms with van der Waals surface area (Å²) in [5.74, 6) is 0.281. The summed E-state index contributed by atoms with van der Waals surface area (Å²) >= 11 is 6.70. The van der Waals surface area contributed by atoms with Crippen molar-refractivity contribution in [3.8, 4) is 22.6 Å². The molecule has 0 unspecified atom stereocenters. The van der Waals surface area contributed by atoms with Crippen LogP contribution in [0, 0.1) is 13.8 Å². The molecule has 236 valence electrons. The third-order valence-corrected chi connectivity index (χ3v) is 9.27. The predicted octanol–water partition coefficient (Wildman–Crippen LogP) is 8.37. The van der Waals surface area contributed by atoms with Gasteiger partial charge in [0.2, 0.25) is 5.89 Å². The topological polar surface area (TPSA) is 121 Å². The normalized spacial score (nSPS) is 15.3. The van der Waals surface area contributed by atoms with Crippen molar-refractivity contribution in [3.63, 3.8) is 0 Å². The third-order valence-electron chi connectivity index (χ3n) is 8.99. The Morgan fingerprint density at radius 2 is 1.83 bits per heavy atom. The molecule has 4 heterocycles. The summed E-state index contributed by atoms with van der Waals surface area (Å²) < 4.78 is 6.25. The summed E-state index contributed by atoms with van der Waals surface area (Å²) in [4.78, 5) is 38.9. The fraction of sp³-hybridized carbons (Fsp3) is 0.216. The Hall–Kier alpha value is -5.12. The highest BCUT2D eigenvalue weighted by atomic mass is 35.5. The molecule has 1 aliphatic rings. The van der Waals surface area contributed by atoms with E-state index in [2.05, 4.69) is 41.3 Å². The van der Waals surface area contributed by atoms with Crippen LogP contribution in [0.25, 0.3) is 44.6 Å². The Morgan fingerprint density at radius 3 is 2.64 bits per heavy atom. The minimum Gasteiger partial charge on any atom is -0.480 e. The van der Waals surface area contributed by atoms with E-state index in [4.69, 9.17) is 21.0 Å². The van der Waals surface area contributed by atoms with Crippen LogP contribution in [-0.4, -0.2) is 49.8 Å². The maximum atomic E-state index is 11.8. The average Bonchev–Trinajstić information content (AvgIpc) is 3.50. The fourth-order valence-corrected chi connectivity index (χ4v) is 6.81. The van der Waals surface area contributed by atoms with Crippen molar-refractivity contribution < 1.29 is 19.1 Å². The molecule has 9 nitrogen and oxygen atoms in total. The van der Waals surface area contributed by atoms with E-state index >= 15 is 0 Å². The first-order chi connectivity index (χ1) is 22.8. The molecule has 1 aliphatic heterocycles. The zero-order valence-electron chi connectivity index (χ0n) is 26.0. The number of aromatic nitrogens is 3. The lowest BCUT2D eigenvalue weighted by molar-refractivity contribution is -0.144. The number of anilines is 2. The molecule has 0 spiro atoms. The largest absolute Gasteiger partial charge is 0.480 e. The number of oxazole rings is 1. The number of aliphatic carboxylic acids is 1. The van der Waals surface area contributed by atoms with Crippen molar-refractivity contribution in [2.24, 2.45) is 0 Å². The second kappa shape index (κ2) is 12.6. The molecule has 0 bridgehead atoms. The smallest absolute Gasteiger partial charge is 0.320 e. The molecular weight excluding hydrogens is 614 g/mol. The lowest BCUT2D eigenvalue weighted by Gasteiger charge is -2.32. The third kappa shape index (κ3) is 5.84. The Balaban J connectivity index is 1.21. The molecule has 10 heteroatoms. The molecule has 3 aromatic heterocycles. The Morgan fingerprint density at radius 1 is 1.04 bits per heavy atom. The molecule has 1 saturated heterocycles. The molecule has 6 aromatic rings. The van der Waals surface area contributed by atoms with Gasteiger partial charge in [-0.1, -0.05) is 42.3 Å². The molecular formula is C37H32ClN5O4. The van der Waals surface area contributed by atoms with Crippen molar-refractivity contribution in [3.05, 3.63) is 100 Å². The minimum absolute atomic E-state index is 0.447. The van der Waals surface area contributed by atoms with Crippen LogP contribution in [0.5, 0.6) is 0 Å². The van der Waals surface area contributed by atoms with Crippen LogP contribution >= 0.6 is 11.6 Å². The maximum Gasteiger partial charge on any atom is 0.320 e. The Kier molecular flexibility index (Phi) is 8.17. The van der Waals surface area contributed by atoms with Crippen LogP contribution in [0.4, 0.5) is 11.5 Å². The van der Waals surface area contributed by atoms with E-state index < -0.39 is 12.0 Å². The summed E-state index contributed by atoms with van der Waals surface area (Å²) in [6.07, 6.45) is 6.57. The maximum absolute atomic E-state index is 11.8. The zero-order chi connectivity index (χ0) is 32.7. The molecule has 0 amide bonds. The number of piperidine rings is 1. The number of benzene rings is 3. The highest BCUT2D eigenvalue weighted by Gasteiger charge is 2.28. The lowest BCUT2D eigenvalue weighted by atomic mass is 9.93. The fourth-order valence-electron chi connectivity index (χ4n) is 6.53. The molecule has 1 fully saturated rings. The average molecular weight is 646 g/mol. The number of hydrogen-bond donors (Lipinski definition) is 2. The number of halogens is 1. The minimum atomic E-state index is -0.788. The van der Waals surface area contributed by atoms with Gasteiger partial charge in [-0.15, -0.1) is 0 Å². The number of rotatable bonds is 8. The van der Waals surface area contributed by atoms with Gasteiger partial charge in [-0.25, -0.2) is 9.97 Å². The first-order valence-electron chi connectivity index (χ1n) is 15.5. The highest BCUT2D eigenvalue weighted by Crippen LogP contribution is 2.38. The first kappa shape index (κ1) is 30.5. The van der Waals surface area contributed by atoms with E-state index in [1.54, 1.807) is 18.5 Å². The van der Waals surface area contributed by atoms with Crippen molar-refractivity contribution in [2.45, 2.75) is 45.7 Å². The number of likely N-dealkylation sites (tertiary alicyclic amines) is 1. The van der Waals surface area contributed by atoms with E-state index in [0.717, 1.165) is 70.1 Å². The predicted molar refractivity (Wildman–Crippen MR) is 183 cm³/mol. The van der Waals surface area contributed by atoms with Crippen LogP contribution in [0.3, 0.4) is 0 Å². The number of nitrogens with zero attached hydrogens (tertiary/aromatic N) is 4. The molecule has 0 aliphatic carbocycles. The molecule has 7 rings (SSSR count). The van der Waals surface area contributed by atoms with Gasteiger partial charge >= 0.3 is 5.97 Å². The summed E-state index contributed by atoms with van der Waals surface area (Å²) in [6, 6.07) is 19.1. The van der Waals surface area contributed by atoms with Crippen LogP contribution in [0.15, 0.2) is 77.5 Å². The number of carbonyl (C=O) groups excluding carboxylic acids is 1. The monoisotopic (exact) mass is 645 g/mol. The van der Waals surface area contributed by atoms with Gasteiger partial charge in [0.25, 0.3) is 0 Å². The zero-order valence-corrected chi connectivity index (χ0v) is 26.7. The number of pyridine rings is 2. The number of carboxylic acids is 1. The van der Waals surface area contributed by atoms with Crippen LogP contribution in [0.2, 0.25) is 5.02 Å². The van der Waals surface area contributed by atoms with E-state index in [1.807, 2.05) is 47.4 Å². The van der Waals surface area contributed by atoms with Gasteiger partial charge in [0.1, 0.15) is 17.1 Å². The molecule has 0 radical (unpaired) electrons. The highest BCUT2D eigenvalue weighted by molar-refractivity contribution is 6.34. The second-order valence-electron chi connectivity index (χ2n) is 12.0. The number of carbonyl (C=O) groups is 2. The van der Waals surface area contributed by atoms with E-state index in [1.165, 1.54) is 0 Å². The molecule has 1 atom stereocenters. The number of aldehydes is 1. The van der Waals surface area contributed by atoms with Crippen LogP contribution < -0.4 is 5.32 Å². The van der Waals surface area contributed by atoms with Gasteiger partial charge < -0.3 is 14.8 Å². The van der Waals surface area contributed by atoms with Crippen molar-refractivity contribution >= 4 is 57.4 Å². The number of fused-ring (bicyclic) bond motifs is 2. The van der Waals surface area contributed by atoms with Gasteiger partial charge in [-0.2, -0.15) is 0 Å². The SMILES string of the molecule is Cc1c(Nc2nccc3cc(C=O)cnc23)cccc1-c1cccc(-c2nc3cc(CN4CCCC[C@H]4C(=O)O)cc(Cl)c3o2)c1C. The van der Waals surface area contributed by atoms with Crippen molar-refractivity contribution in [2.75, 3.05) is 11.9 Å². The van der Waals surface area contributed by atoms with Gasteiger partial charge in [-0.3, -0.25) is 19.5 Å². The summed E-state index contributed by atoms with van der Waals surface area (Å²) in [6.45, 7) is 5.33. The molecule has 47 heavy (non-hydrogen) atoms. The summed E-state index contributed by atoms with van der Waals surface area (Å²) in [5.41, 5.74) is 9.05. The van der Waals surface area contributed by atoms with Gasteiger partial charge in [-0.05, 0) is 97.4 Å². The van der Waals surface area contributed by atoms with E-state index in [0.29, 0.717) is 51.9 Å². The number of carboxylic acid groups (broad SMARTS) is 1. The molecule has 0 saturated carbocycles. The first-order valence-corrected chi connectivity index (χ1v) is 15.9. The van der Waals surface area contributed by atoms with Crippen molar-refractivity contribution in [1.82, 2.24) is 19.9 Å². The standard InChI is InChI=1S/C37H32ClN5O4/c1-21-26(27-8-6-10-30(22(27)2)41-35-33-25(12-13-39-35)15-24(20-44)18-40-33)7-5-9-28(21)36-42-31-17-23(16-29(38)34(31)47-36)19-43-14-4-3-11-32(43)37(45)46/h5-10,12-13,15-18,20,32H,3-4,11,14,19H2,1-2H3,(H,39,41)(H,45,46)/t32-/m0/s1. The summed E-state index contributed by atoms with van der Waals surface area (Å²) in [7, 11) is 0. The Bertz CT molecular complexity index is 2180. The quantitative estimate of drug-likeness (QED) is 0.157. The van der Waals surface area contributed by atoms with Crippen molar-refractivity contribution in [1.29, 1.82) is 0 Å². The molecule has 2 N–H and O–H groups in total. The van der Waals surface area contributed by atoms with Gasteiger partial charge in [0.05, 0.1) is 5.02 Å². The van der Waals surface area contributed by atoms with Gasteiger partial charge in [0.15, 0.2) is 17.7 Å². The molecule has 3 aromatic carbocycles. The number of nitrogens with one attached hydrogen (secondary N) is 1. The lowest BCUT2D eigenvalue weighted by Crippen LogP contribution is -2.43. The van der Waals surface area contributed by atoms with Crippen LogP contribution in [-0.2, 0) is 11.3 Å². The summed E-state index contributed by atoms with van der Waals surface area (Å²) in [5, 5.41) is 14.4. The van der Waals surface area contributed by atoms with E-state index in [9.17, 15) is 14.7 Å².